The molecule has 0 radical (unpaired) electrons. The molecule has 0 aliphatic rings. The van der Waals surface area contributed by atoms with Gasteiger partial charge >= 0.3 is 78.9 Å². The van der Waals surface area contributed by atoms with E-state index in [4.69, 9.17) is 9.79 Å². The van der Waals surface area contributed by atoms with Crippen LogP contribution in [0.2, 0.25) is 0 Å². The van der Waals surface area contributed by atoms with Crippen molar-refractivity contribution in [1.82, 2.24) is 0 Å². The van der Waals surface area contributed by atoms with Gasteiger partial charge in [0.2, 0.25) is 0 Å². The van der Waals surface area contributed by atoms with Gasteiger partial charge in [-0.25, -0.2) is 0 Å². The maximum atomic E-state index is 13.8. The van der Waals surface area contributed by atoms with Crippen LogP contribution in [0.1, 0.15) is 12.8 Å². The average molecular weight is 768 g/mol. The summed E-state index contributed by atoms with van der Waals surface area (Å²) in [7, 11) is -5.43. The van der Waals surface area contributed by atoms with Gasteiger partial charge in [-0.2, -0.15) is 110 Å². The number of hydrogen-bond donors (Lipinski definition) is 2. The highest BCUT2D eigenvalue weighted by Gasteiger charge is 2.92. The normalized spacial score (nSPS) is 16.8. The molecule has 0 aromatic carbocycles. The zero-order valence-electron chi connectivity index (χ0n) is 20.5. The van der Waals surface area contributed by atoms with E-state index in [1.807, 2.05) is 0 Å². The molecule has 0 aliphatic carbocycles. The van der Waals surface area contributed by atoms with Gasteiger partial charge in [0.1, 0.15) is 0 Å². The third kappa shape index (κ3) is 6.70. The van der Waals surface area contributed by atoms with Crippen LogP contribution >= 0.6 is 7.60 Å². The summed E-state index contributed by atoms with van der Waals surface area (Å²) < 4.78 is 343. The van der Waals surface area contributed by atoms with Crippen LogP contribution in [-0.4, -0.2) is 87.3 Å². The second kappa shape index (κ2) is 11.6. The summed E-state index contributed by atoms with van der Waals surface area (Å²) in [5.74, 6) is -90.5. The van der Waals surface area contributed by atoms with Crippen molar-refractivity contribution < 1.29 is 124 Å². The Hall–Kier alpha value is -1.86. The topological polar surface area (TPSA) is 57.5 Å². The highest BCUT2D eigenvalue weighted by molar-refractivity contribution is 7.51. The van der Waals surface area contributed by atoms with Crippen molar-refractivity contribution >= 4 is 7.60 Å². The van der Waals surface area contributed by atoms with Crippen molar-refractivity contribution in [1.29, 1.82) is 0 Å². The molecule has 0 spiro atoms. The SMILES string of the molecule is O=P(O)(O)CCCC(F)(F)C(F)(F)C(F)(F)C(F)(F)C(F)(F)C(F)(F)C=CC(F)(F)C(F)(F)C(F)(F)C(F)(F)C(F)(F)C(F)(F)F. The Morgan fingerprint density at radius 2 is 0.674 bits per heavy atom. The molecule has 46 heavy (non-hydrogen) atoms. The van der Waals surface area contributed by atoms with Crippen molar-refractivity contribution in [2.75, 3.05) is 6.16 Å². The number of rotatable bonds is 15. The summed E-state index contributed by atoms with van der Waals surface area (Å²) in [6.45, 7) is 0. The molecule has 0 aromatic rings. The van der Waals surface area contributed by atoms with Crippen molar-refractivity contribution in [2.45, 2.75) is 84.2 Å². The molecule has 29 heteroatoms. The van der Waals surface area contributed by atoms with Crippen molar-refractivity contribution in [3.63, 3.8) is 0 Å². The van der Waals surface area contributed by atoms with E-state index in [1.54, 1.807) is 0 Å². The lowest BCUT2D eigenvalue weighted by Gasteiger charge is -2.41. The van der Waals surface area contributed by atoms with Crippen LogP contribution < -0.4 is 0 Å². The second-order valence-electron chi connectivity index (χ2n) is 8.87. The van der Waals surface area contributed by atoms with E-state index >= 15 is 0 Å². The minimum Gasteiger partial charge on any atom is -0.324 e. The largest absolute Gasteiger partial charge is 0.460 e. The van der Waals surface area contributed by atoms with Gasteiger partial charge in [-0.15, -0.1) is 0 Å². The highest BCUT2D eigenvalue weighted by atomic mass is 31.2. The van der Waals surface area contributed by atoms with Gasteiger partial charge in [0, 0.05) is 6.42 Å². The standard InChI is InChI=1S/C17H10F25O3P/c18-6(19,2-1-5-46(43,44)45)9(24,25)12(30,31)13(32,33)10(26,27)7(20,21)3-4-8(22,23)11(28,29)14(34,35)15(36,37)16(38,39)17(40,41)42/h3-4H,1-2,5H2,(H2,43,44,45). The molecule has 0 aromatic heterocycles. The van der Waals surface area contributed by atoms with Gasteiger partial charge in [-0.1, -0.05) is 0 Å². The fourth-order valence-corrected chi connectivity index (χ4v) is 3.27. The van der Waals surface area contributed by atoms with Crippen LogP contribution in [0.3, 0.4) is 0 Å². The fraction of sp³-hybridized carbons (Fsp3) is 0.882. The summed E-state index contributed by atoms with van der Waals surface area (Å²) in [6, 6.07) is 0. The maximum absolute atomic E-state index is 13.8. The summed E-state index contributed by atoms with van der Waals surface area (Å²) >= 11 is 0. The first-order chi connectivity index (χ1) is 19.4. The van der Waals surface area contributed by atoms with Crippen LogP contribution in [0.15, 0.2) is 12.2 Å². The Labute approximate surface area is 235 Å². The van der Waals surface area contributed by atoms with Crippen LogP contribution in [-0.2, 0) is 4.57 Å². The molecule has 0 heterocycles. The predicted molar refractivity (Wildman–Crippen MR) is 95.8 cm³/mol. The Morgan fingerprint density at radius 3 is 0.935 bits per heavy atom. The van der Waals surface area contributed by atoms with Gasteiger partial charge in [-0.3, -0.25) is 4.57 Å². The Morgan fingerprint density at radius 1 is 0.413 bits per heavy atom. The van der Waals surface area contributed by atoms with Crippen LogP contribution in [0.4, 0.5) is 110 Å². The van der Waals surface area contributed by atoms with Gasteiger partial charge < -0.3 is 9.79 Å². The molecule has 0 aliphatic heterocycles. The Kier molecular flexibility index (Phi) is 11.2. The fourth-order valence-electron chi connectivity index (χ4n) is 2.70. The minimum absolute atomic E-state index is 1.89. The van der Waals surface area contributed by atoms with Crippen LogP contribution in [0.5, 0.6) is 0 Å². The minimum atomic E-state index is -8.75. The molecule has 0 rings (SSSR count). The van der Waals surface area contributed by atoms with Gasteiger partial charge in [-0.05, 0) is 18.6 Å². The molecule has 0 unspecified atom stereocenters. The van der Waals surface area contributed by atoms with E-state index in [9.17, 15) is 114 Å². The van der Waals surface area contributed by atoms with Crippen molar-refractivity contribution in [2.24, 2.45) is 0 Å². The number of allylic oxidation sites excluding steroid dienone is 2. The molecule has 0 fully saturated rings. The van der Waals surface area contributed by atoms with Crippen molar-refractivity contribution in [3.05, 3.63) is 12.2 Å². The van der Waals surface area contributed by atoms with E-state index in [0.717, 1.165) is 0 Å². The van der Waals surface area contributed by atoms with Gasteiger partial charge in [0.05, 0.1) is 6.16 Å². The van der Waals surface area contributed by atoms with Crippen LogP contribution in [0.25, 0.3) is 0 Å². The molecule has 0 saturated carbocycles. The molecular formula is C17H10F25O3P. The maximum Gasteiger partial charge on any atom is 0.460 e. The molecule has 0 amide bonds. The van der Waals surface area contributed by atoms with E-state index < -0.39 is 110 Å². The summed E-state index contributed by atoms with van der Waals surface area (Å²) in [6.07, 6.45) is -20.9. The third-order valence-corrected chi connectivity index (χ3v) is 6.36. The summed E-state index contributed by atoms with van der Waals surface area (Å²) in [5, 5.41) is 0. The molecule has 0 saturated heterocycles. The molecular weight excluding hydrogens is 758 g/mol. The lowest BCUT2D eigenvalue weighted by Crippen LogP contribution is -2.70. The molecule has 2 N–H and O–H groups in total. The zero-order valence-corrected chi connectivity index (χ0v) is 21.4. The highest BCUT2D eigenvalue weighted by Crippen LogP contribution is 2.63. The second-order valence-corrected chi connectivity index (χ2v) is 10.6. The smallest absolute Gasteiger partial charge is 0.324 e. The van der Waals surface area contributed by atoms with E-state index in [2.05, 4.69) is 0 Å². The monoisotopic (exact) mass is 768 g/mol. The van der Waals surface area contributed by atoms with E-state index in [-0.39, 0.29) is 0 Å². The average Bonchev–Trinajstić information content (AvgIpc) is 2.80. The lowest BCUT2D eigenvalue weighted by atomic mass is 9.89. The first-order valence-electron chi connectivity index (χ1n) is 10.4. The van der Waals surface area contributed by atoms with Crippen LogP contribution in [0, 0.1) is 0 Å². The molecule has 3 nitrogen and oxygen atoms in total. The van der Waals surface area contributed by atoms with Gasteiger partial charge in [0.25, 0.3) is 0 Å². The zero-order chi connectivity index (χ0) is 38.0. The van der Waals surface area contributed by atoms with Gasteiger partial charge in [0.15, 0.2) is 0 Å². The van der Waals surface area contributed by atoms with E-state index in [0.29, 0.717) is 0 Å². The Balaban J connectivity index is 6.84. The third-order valence-electron chi connectivity index (χ3n) is 5.46. The summed E-state index contributed by atoms with van der Waals surface area (Å²) in [4.78, 5) is 16.8. The van der Waals surface area contributed by atoms with Crippen molar-refractivity contribution in [3.8, 4) is 0 Å². The lowest BCUT2D eigenvalue weighted by molar-refractivity contribution is -0.436. The van der Waals surface area contributed by atoms with E-state index in [1.165, 1.54) is 0 Å². The first-order valence-corrected chi connectivity index (χ1v) is 12.2. The molecule has 276 valence electrons. The quantitative estimate of drug-likeness (QED) is 0.0994. The number of hydrogen-bond acceptors (Lipinski definition) is 1. The Bertz CT molecular complexity index is 1160. The predicted octanol–water partition coefficient (Wildman–Crippen LogP) is 9.05. The molecule has 0 bridgehead atoms. The molecule has 0 atom stereocenters. The summed E-state index contributed by atoms with van der Waals surface area (Å²) in [5.41, 5.74) is 0. The number of halogens is 25. The first kappa shape index (κ1) is 44.1. The number of alkyl halides is 25.